The first-order valence-electron chi connectivity index (χ1n) is 1.45. The van der Waals surface area contributed by atoms with Crippen molar-refractivity contribution >= 4 is 5.97 Å². The zero-order valence-electron chi connectivity index (χ0n) is 3.63. The second-order valence-corrected chi connectivity index (χ2v) is 0.987. The summed E-state index contributed by atoms with van der Waals surface area (Å²) in [6.45, 7) is 1.21. The number of hydrogen-bond donors (Lipinski definition) is 0. The van der Waals surface area contributed by atoms with Crippen LogP contribution in [0.1, 0.15) is 6.92 Å². The van der Waals surface area contributed by atoms with Crippen LogP contribution in [-0.2, 0) is 39.0 Å². The Kier molecular flexibility index (Phi) is 4.33. The third-order valence-electron chi connectivity index (χ3n) is 0.185. The molecule has 0 saturated heterocycles. The van der Waals surface area contributed by atoms with Crippen molar-refractivity contribution in [3.63, 3.8) is 0 Å². The van der Waals surface area contributed by atoms with Gasteiger partial charge in [0.2, 0.25) is 0 Å². The predicted octanol–water partition coefficient (Wildman–Crippen LogP) is -0.126. The molecule has 0 saturated carbocycles. The molecule has 0 heterocycles. The van der Waals surface area contributed by atoms with Gasteiger partial charge in [-0.2, -0.15) is 0 Å². The molecule has 5 heteroatoms. The Bertz CT molecular complexity index is 62.7. The van der Waals surface area contributed by atoms with Gasteiger partial charge in [0.1, 0.15) is 0 Å². The third kappa shape index (κ3) is 6.10. The summed E-state index contributed by atoms with van der Waals surface area (Å²) in [5, 5.41) is 3.75. The fourth-order valence-electron chi connectivity index (χ4n) is 0.0649. The van der Waals surface area contributed by atoms with Crippen molar-refractivity contribution in [2.75, 3.05) is 0 Å². The molecule has 0 radical (unpaired) electrons. The van der Waals surface area contributed by atoms with Crippen molar-refractivity contribution in [1.29, 1.82) is 0 Å². The van der Waals surface area contributed by atoms with E-state index in [0.717, 1.165) is 0 Å². The summed E-state index contributed by atoms with van der Waals surface area (Å²) in [5.41, 5.74) is 0. The van der Waals surface area contributed by atoms with Crippen LogP contribution < -0.4 is 0 Å². The van der Waals surface area contributed by atoms with Crippen molar-refractivity contribution in [3.8, 4) is 0 Å². The van der Waals surface area contributed by atoms with E-state index in [-0.39, 0.29) is 0 Å². The van der Waals surface area contributed by atoms with Crippen LogP contribution in [0, 0.1) is 0 Å². The predicted molar refractivity (Wildman–Crippen MR) is 13.9 cm³/mol. The molecular weight excluding hydrogens is 136 g/mol. The van der Waals surface area contributed by atoms with Crippen LogP contribution in [0.15, 0.2) is 0 Å². The van der Waals surface area contributed by atoms with Crippen LogP contribution in [0.2, 0.25) is 0 Å². The van der Waals surface area contributed by atoms with E-state index in [2.05, 4.69) is 13.4 Å². The molecule has 0 atom stereocenters. The molecule has 0 fully saturated rings. The van der Waals surface area contributed by atoms with E-state index in [9.17, 15) is 4.79 Å². The summed E-state index contributed by atoms with van der Waals surface area (Å²) in [7, 11) is 0. The summed E-state index contributed by atoms with van der Waals surface area (Å²) < 4.78 is 3.91. The fraction of sp³-hybridized carbons (Fsp3) is 0.500. The van der Waals surface area contributed by atoms with Gasteiger partial charge in [-0.3, -0.25) is 0 Å². The van der Waals surface area contributed by atoms with E-state index >= 15 is 0 Å². The van der Waals surface area contributed by atoms with Crippen LogP contribution >= 0.6 is 0 Å². The molecule has 0 aromatic carbocycles. The Morgan fingerprint density at radius 2 is 2.29 bits per heavy atom. The number of rotatable bonds is 2. The standard InChI is InChI=1S/C2H4O4.Ti/c1-2(3)5-6-4;/h4H,1H3;/q;+1/p-1. The van der Waals surface area contributed by atoms with Gasteiger partial charge in [-0.05, 0) is 0 Å². The summed E-state index contributed by atoms with van der Waals surface area (Å²) in [6.07, 6.45) is 0. The Labute approximate surface area is 52.5 Å². The van der Waals surface area contributed by atoms with Gasteiger partial charge >= 0.3 is 51.9 Å². The summed E-state index contributed by atoms with van der Waals surface area (Å²) in [5.74, 6) is -0.540. The number of carbonyl (C=O) groups is 1. The van der Waals surface area contributed by atoms with Crippen molar-refractivity contribution in [1.82, 2.24) is 0 Å². The summed E-state index contributed by atoms with van der Waals surface area (Å²) in [4.78, 5) is 13.6. The minimum atomic E-state index is -0.540. The van der Waals surface area contributed by atoms with Crippen LogP contribution in [0.4, 0.5) is 0 Å². The maximum atomic E-state index is 9.78. The van der Waals surface area contributed by atoms with Crippen LogP contribution in [0.5, 0.6) is 0 Å². The molecule has 0 bridgehead atoms. The van der Waals surface area contributed by atoms with E-state index in [1.165, 1.54) is 27.7 Å². The summed E-state index contributed by atoms with van der Waals surface area (Å²) >= 11 is 1.24. The minimum absolute atomic E-state index is 0.540. The molecule has 0 rings (SSSR count). The first kappa shape index (κ1) is 7.10. The second-order valence-electron chi connectivity index (χ2n) is 0.726. The molecule has 0 aliphatic carbocycles. The second kappa shape index (κ2) is 4.27. The van der Waals surface area contributed by atoms with Gasteiger partial charge in [0.25, 0.3) is 0 Å². The van der Waals surface area contributed by atoms with Gasteiger partial charge in [-0.25, -0.2) is 0 Å². The zero-order chi connectivity index (χ0) is 5.70. The SMILES string of the molecule is CC(=O)OO[O][Ti]. The molecule has 39 valence electrons. The van der Waals surface area contributed by atoms with Gasteiger partial charge in [-0.1, -0.05) is 0 Å². The average Bonchev–Trinajstić information content (AvgIpc) is 1.61. The molecule has 0 unspecified atom stereocenters. The van der Waals surface area contributed by atoms with E-state index in [1.54, 1.807) is 0 Å². The van der Waals surface area contributed by atoms with E-state index in [4.69, 9.17) is 0 Å². The van der Waals surface area contributed by atoms with Crippen molar-refractivity contribution in [3.05, 3.63) is 0 Å². The third-order valence-corrected chi connectivity index (χ3v) is 0.292. The Balaban J connectivity index is 2.82. The van der Waals surface area contributed by atoms with Crippen LogP contribution in [0.3, 0.4) is 0 Å². The zero-order valence-corrected chi connectivity index (χ0v) is 5.19. The maximum absolute atomic E-state index is 9.78. The van der Waals surface area contributed by atoms with Gasteiger partial charge in [0, 0.05) is 0 Å². The van der Waals surface area contributed by atoms with Crippen LogP contribution in [-0.4, -0.2) is 5.97 Å². The molecule has 0 N–H and O–H groups in total. The normalized spacial score (nSPS) is 8.00. The molecule has 0 aromatic rings. The Morgan fingerprint density at radius 3 is 2.43 bits per heavy atom. The first-order valence-corrected chi connectivity index (χ1v) is 2.08. The van der Waals surface area contributed by atoms with E-state index in [0.29, 0.717) is 0 Å². The Hall–Kier alpha value is 0.104. The quantitative estimate of drug-likeness (QED) is 0.303. The molecule has 0 spiro atoms. The Morgan fingerprint density at radius 1 is 1.71 bits per heavy atom. The molecule has 0 aliphatic heterocycles. The fourth-order valence-corrected chi connectivity index (χ4v) is 0.118. The molecule has 4 nitrogen and oxygen atoms in total. The molecule has 0 aromatic heterocycles. The number of hydrogen-bond acceptors (Lipinski definition) is 4. The molecular formula is C2H3O4Ti. The van der Waals surface area contributed by atoms with Gasteiger partial charge in [-0.15, -0.1) is 0 Å². The monoisotopic (exact) mass is 139 g/mol. The topological polar surface area (TPSA) is 44.8 Å². The van der Waals surface area contributed by atoms with Gasteiger partial charge in [0.05, 0.1) is 0 Å². The van der Waals surface area contributed by atoms with Crippen molar-refractivity contribution in [2.45, 2.75) is 6.92 Å². The molecule has 0 aliphatic rings. The van der Waals surface area contributed by atoms with Crippen LogP contribution in [0.25, 0.3) is 0 Å². The molecule has 0 amide bonds. The van der Waals surface area contributed by atoms with Gasteiger partial charge < -0.3 is 0 Å². The molecule has 7 heavy (non-hydrogen) atoms. The average molecular weight is 139 g/mol. The van der Waals surface area contributed by atoms with E-state index in [1.807, 2.05) is 0 Å². The summed E-state index contributed by atoms with van der Waals surface area (Å²) in [6, 6.07) is 0. The first-order chi connectivity index (χ1) is 3.27. The van der Waals surface area contributed by atoms with Crippen molar-refractivity contribution in [2.24, 2.45) is 0 Å². The number of carbonyl (C=O) groups excluding carboxylic acids is 1. The van der Waals surface area contributed by atoms with Gasteiger partial charge in [0.15, 0.2) is 0 Å². The van der Waals surface area contributed by atoms with Crippen molar-refractivity contribution < 1.29 is 39.0 Å². The van der Waals surface area contributed by atoms with E-state index < -0.39 is 5.97 Å².